The van der Waals surface area contributed by atoms with Gasteiger partial charge >= 0.3 is 11.9 Å². The Morgan fingerprint density at radius 3 is 1.44 bits per heavy atom. The molecule has 1 aliphatic heterocycles. The Hall–Kier alpha value is -2.13. The average molecular weight is 915 g/mol. The summed E-state index contributed by atoms with van der Waals surface area (Å²) in [7, 11) is -4.60. The van der Waals surface area contributed by atoms with Crippen molar-refractivity contribution in [1.29, 1.82) is 0 Å². The number of unbranched alkanes of at least 4 members (excludes halogenated alkanes) is 24. The monoisotopic (exact) mass is 915 g/mol. The van der Waals surface area contributed by atoms with E-state index >= 15 is 0 Å². The van der Waals surface area contributed by atoms with Gasteiger partial charge in [-0.05, 0) is 70.6 Å². The highest BCUT2D eigenvalue weighted by molar-refractivity contribution is 7.85. The van der Waals surface area contributed by atoms with Crippen LogP contribution in [-0.2, 0) is 38.7 Å². The molecule has 1 saturated heterocycles. The standard InChI is InChI=1S/C50H90O12S/c1-3-5-7-9-11-13-15-17-18-19-20-21-22-23-24-25-26-27-29-31-33-35-37-39-46(52)61-43(41-60-50-49(55)48(54)47(53)44(62-50)42-63(56,57)58)40-59-45(51)38-36-34-32-30-28-16-14-12-10-8-6-4-2/h12,14-15,17,19-20,43-44,47-50,53-55H,3-11,13,16,18,21-42H2,1-2H3,(H,56,57,58)/b14-12-,17-15-,20-19-. The van der Waals surface area contributed by atoms with Gasteiger partial charge in [-0.15, -0.1) is 0 Å². The number of allylic oxidation sites excluding steroid dienone is 6. The molecule has 1 heterocycles. The van der Waals surface area contributed by atoms with Gasteiger partial charge in [0.25, 0.3) is 10.1 Å². The number of ether oxygens (including phenoxy) is 4. The highest BCUT2D eigenvalue weighted by atomic mass is 32.2. The number of hydrogen-bond acceptors (Lipinski definition) is 11. The topological polar surface area (TPSA) is 186 Å². The summed E-state index contributed by atoms with van der Waals surface area (Å²) >= 11 is 0. The van der Waals surface area contributed by atoms with Crippen LogP contribution in [0.15, 0.2) is 36.5 Å². The van der Waals surface area contributed by atoms with Crippen LogP contribution in [0.25, 0.3) is 0 Å². The number of rotatable bonds is 42. The number of hydrogen-bond donors (Lipinski definition) is 4. The van der Waals surface area contributed by atoms with Gasteiger partial charge in [0.15, 0.2) is 12.4 Å². The SMILES string of the molecule is CCCCC/C=C\CCCCCCCC(=O)OCC(COC1OC(CS(=O)(=O)O)C(O)C(O)C1O)OC(=O)CCCCCCCCCCCCC/C=C\C/C=C\CCCCCCC. The van der Waals surface area contributed by atoms with E-state index in [1.165, 1.54) is 103 Å². The van der Waals surface area contributed by atoms with E-state index in [0.717, 1.165) is 70.6 Å². The molecule has 0 aliphatic carbocycles. The lowest BCUT2D eigenvalue weighted by Gasteiger charge is -2.40. The van der Waals surface area contributed by atoms with Crippen molar-refractivity contribution < 1.29 is 56.8 Å². The van der Waals surface area contributed by atoms with Crippen LogP contribution < -0.4 is 0 Å². The summed E-state index contributed by atoms with van der Waals surface area (Å²) in [5.41, 5.74) is 0. The van der Waals surface area contributed by atoms with Crippen molar-refractivity contribution in [3.05, 3.63) is 36.5 Å². The molecule has 0 aromatic heterocycles. The van der Waals surface area contributed by atoms with E-state index < -0.39 is 71.2 Å². The Kier molecular flexibility index (Phi) is 37.5. The number of carbonyl (C=O) groups is 2. The molecule has 0 bridgehead atoms. The second-order valence-electron chi connectivity index (χ2n) is 17.5. The molecule has 0 radical (unpaired) electrons. The maximum atomic E-state index is 12.9. The van der Waals surface area contributed by atoms with Crippen LogP contribution in [0.2, 0.25) is 0 Å². The largest absolute Gasteiger partial charge is 0.462 e. The van der Waals surface area contributed by atoms with E-state index in [1.54, 1.807) is 0 Å². The Morgan fingerprint density at radius 1 is 0.540 bits per heavy atom. The van der Waals surface area contributed by atoms with Gasteiger partial charge in [0.2, 0.25) is 0 Å². The van der Waals surface area contributed by atoms with E-state index in [9.17, 15) is 37.9 Å². The molecule has 4 N–H and O–H groups in total. The molecule has 1 aliphatic rings. The zero-order chi connectivity index (χ0) is 46.2. The number of aliphatic hydroxyl groups excluding tert-OH is 3. The third-order valence-corrected chi connectivity index (χ3v) is 12.2. The summed E-state index contributed by atoms with van der Waals surface area (Å²) in [4.78, 5) is 25.4. The van der Waals surface area contributed by atoms with Crippen molar-refractivity contribution in [3.8, 4) is 0 Å². The zero-order valence-electron chi connectivity index (χ0n) is 39.4. The molecule has 63 heavy (non-hydrogen) atoms. The smallest absolute Gasteiger partial charge is 0.306 e. The molecule has 0 aromatic rings. The predicted molar refractivity (Wildman–Crippen MR) is 252 cm³/mol. The predicted octanol–water partition coefficient (Wildman–Crippen LogP) is 11.0. The average Bonchev–Trinajstić information content (AvgIpc) is 3.25. The Labute approximate surface area is 382 Å². The molecule has 1 fully saturated rings. The Balaban J connectivity index is 2.35. The lowest BCUT2D eigenvalue weighted by molar-refractivity contribution is -0.297. The van der Waals surface area contributed by atoms with Gasteiger partial charge in [0.1, 0.15) is 36.8 Å². The van der Waals surface area contributed by atoms with Crippen molar-refractivity contribution in [1.82, 2.24) is 0 Å². The van der Waals surface area contributed by atoms with Crippen molar-refractivity contribution >= 4 is 22.1 Å². The number of carbonyl (C=O) groups excluding carboxylic acids is 2. The third-order valence-electron chi connectivity index (χ3n) is 11.4. The van der Waals surface area contributed by atoms with Gasteiger partial charge in [-0.3, -0.25) is 14.1 Å². The fraction of sp³-hybridized carbons (Fsp3) is 0.840. The molecule has 368 valence electrons. The van der Waals surface area contributed by atoms with E-state index in [2.05, 4.69) is 50.3 Å². The quantitative estimate of drug-likeness (QED) is 0.0197. The van der Waals surface area contributed by atoms with E-state index in [0.29, 0.717) is 12.8 Å². The number of esters is 2. The molecule has 0 amide bonds. The molecular weight excluding hydrogens is 825 g/mol. The van der Waals surface area contributed by atoms with Gasteiger partial charge < -0.3 is 34.3 Å². The summed E-state index contributed by atoms with van der Waals surface area (Å²) < 4.78 is 54.1. The summed E-state index contributed by atoms with van der Waals surface area (Å²) in [5, 5.41) is 30.9. The Morgan fingerprint density at radius 2 is 0.952 bits per heavy atom. The molecule has 6 unspecified atom stereocenters. The van der Waals surface area contributed by atoms with E-state index in [1.807, 2.05) is 0 Å². The lowest BCUT2D eigenvalue weighted by Crippen LogP contribution is -2.60. The van der Waals surface area contributed by atoms with Crippen LogP contribution in [0.5, 0.6) is 0 Å². The maximum Gasteiger partial charge on any atom is 0.306 e. The minimum absolute atomic E-state index is 0.161. The highest BCUT2D eigenvalue weighted by Gasteiger charge is 2.46. The van der Waals surface area contributed by atoms with Gasteiger partial charge in [-0.2, -0.15) is 8.42 Å². The first kappa shape index (κ1) is 58.9. The van der Waals surface area contributed by atoms with Gasteiger partial charge in [0, 0.05) is 12.8 Å². The van der Waals surface area contributed by atoms with Gasteiger partial charge in [-0.25, -0.2) is 0 Å². The zero-order valence-corrected chi connectivity index (χ0v) is 40.2. The molecule has 0 saturated carbocycles. The van der Waals surface area contributed by atoms with Gasteiger partial charge in [0.05, 0.1) is 6.61 Å². The molecule has 0 aromatic carbocycles. The summed E-state index contributed by atoms with van der Waals surface area (Å²) in [6, 6.07) is 0. The van der Waals surface area contributed by atoms with Crippen LogP contribution in [0.1, 0.15) is 213 Å². The molecule has 1 rings (SSSR count). The molecular formula is C50H90O12S. The first-order valence-electron chi connectivity index (χ1n) is 25.0. The maximum absolute atomic E-state index is 12.9. The van der Waals surface area contributed by atoms with Crippen LogP contribution >= 0.6 is 0 Å². The molecule has 0 spiro atoms. The first-order valence-corrected chi connectivity index (χ1v) is 26.7. The number of aliphatic hydroxyl groups is 3. The second-order valence-corrected chi connectivity index (χ2v) is 19.0. The fourth-order valence-corrected chi connectivity index (χ4v) is 8.22. The van der Waals surface area contributed by atoms with Crippen molar-refractivity contribution in [2.75, 3.05) is 19.0 Å². The van der Waals surface area contributed by atoms with Crippen molar-refractivity contribution in [3.63, 3.8) is 0 Å². The van der Waals surface area contributed by atoms with Crippen molar-refractivity contribution in [2.45, 2.75) is 250 Å². The van der Waals surface area contributed by atoms with Gasteiger partial charge in [-0.1, -0.05) is 166 Å². The normalized spacial score (nSPS) is 20.0. The lowest BCUT2D eigenvalue weighted by atomic mass is 10.00. The van der Waals surface area contributed by atoms with E-state index in [-0.39, 0.29) is 19.4 Å². The minimum atomic E-state index is -4.60. The van der Waals surface area contributed by atoms with Crippen LogP contribution in [0.4, 0.5) is 0 Å². The molecule has 6 atom stereocenters. The van der Waals surface area contributed by atoms with Crippen LogP contribution in [0.3, 0.4) is 0 Å². The van der Waals surface area contributed by atoms with Crippen LogP contribution in [-0.4, -0.2) is 96.0 Å². The Bertz CT molecular complexity index is 1300. The highest BCUT2D eigenvalue weighted by Crippen LogP contribution is 2.24. The van der Waals surface area contributed by atoms with Crippen molar-refractivity contribution in [2.24, 2.45) is 0 Å². The van der Waals surface area contributed by atoms with E-state index in [4.69, 9.17) is 18.9 Å². The summed E-state index contributed by atoms with van der Waals surface area (Å²) in [6.45, 7) is 3.73. The first-order chi connectivity index (χ1) is 30.5. The third kappa shape index (κ3) is 34.8. The minimum Gasteiger partial charge on any atom is -0.462 e. The van der Waals surface area contributed by atoms with Crippen LogP contribution in [0, 0.1) is 0 Å². The molecule has 13 heteroatoms. The molecule has 12 nitrogen and oxygen atoms in total. The summed E-state index contributed by atoms with van der Waals surface area (Å²) in [5.74, 6) is -1.99. The fourth-order valence-electron chi connectivity index (χ4n) is 7.53. The summed E-state index contributed by atoms with van der Waals surface area (Å²) in [6.07, 6.45) is 37.6. The second kappa shape index (κ2) is 40.2.